The van der Waals surface area contributed by atoms with E-state index >= 15 is 0 Å². The van der Waals surface area contributed by atoms with Gasteiger partial charge in [0.05, 0.1) is 23.1 Å². The predicted octanol–water partition coefficient (Wildman–Crippen LogP) is 2.48. The summed E-state index contributed by atoms with van der Waals surface area (Å²) in [7, 11) is 1.13. The van der Waals surface area contributed by atoms with Crippen LogP contribution in [0.25, 0.3) is 0 Å². The molecule has 0 radical (unpaired) electrons. The molecule has 1 aromatic heterocycles. The maximum absolute atomic E-state index is 12.8. The van der Waals surface area contributed by atoms with Crippen molar-refractivity contribution in [3.8, 4) is 0 Å². The van der Waals surface area contributed by atoms with E-state index in [9.17, 15) is 13.2 Å². The van der Waals surface area contributed by atoms with Gasteiger partial charge in [0.2, 0.25) is 16.8 Å². The third kappa shape index (κ3) is 5.53. The molecule has 3 N–H and O–H groups in total. The van der Waals surface area contributed by atoms with Gasteiger partial charge in [0, 0.05) is 39.8 Å². The Labute approximate surface area is 206 Å². The van der Waals surface area contributed by atoms with Gasteiger partial charge in [-0.3, -0.25) is 4.79 Å². The van der Waals surface area contributed by atoms with Crippen molar-refractivity contribution in [2.75, 3.05) is 49.3 Å². The highest BCUT2D eigenvalue weighted by Crippen LogP contribution is 2.34. The number of halogens is 1. The van der Waals surface area contributed by atoms with E-state index in [1.165, 1.54) is 6.20 Å². The molecule has 34 heavy (non-hydrogen) atoms. The molecular formula is C22H30ClN7O3S. The molecule has 4 rings (SSSR count). The lowest BCUT2D eigenvalue weighted by Crippen LogP contribution is -2.38. The summed E-state index contributed by atoms with van der Waals surface area (Å²) in [6.45, 7) is 1.72. The van der Waals surface area contributed by atoms with Crippen LogP contribution in [0.4, 0.5) is 23.1 Å². The van der Waals surface area contributed by atoms with E-state index in [0.717, 1.165) is 37.1 Å². The summed E-state index contributed by atoms with van der Waals surface area (Å²) >= 11 is 6.40. The molecule has 1 aliphatic heterocycles. The van der Waals surface area contributed by atoms with Crippen LogP contribution in [0.1, 0.15) is 36.0 Å². The Bertz CT molecular complexity index is 1120. The van der Waals surface area contributed by atoms with Crippen LogP contribution in [-0.4, -0.2) is 69.0 Å². The number of nitrogens with zero attached hydrogens (tertiary/aromatic N) is 4. The standard InChI is InChI=1S/C22H30ClN7O3S/c1-29-10-11-30(2)21(31)15-7-5-9-18(19(15)29)27-22-24-13-16(23)20(28-22)26-17-8-4-3-6-14(17)12-25-34(32)33/h5,7,9,13-14,17,34H,3-4,6,8,10-12H2,1-2H3,(H,25,32,33)(H2,24,26,27,28)/t14-,17-/m1/s1. The molecule has 0 saturated heterocycles. The number of likely N-dealkylation sites (N-methyl/N-ethyl adjacent to an activating group) is 2. The first-order valence-electron chi connectivity index (χ1n) is 11.4. The number of aromatic nitrogens is 2. The Kier molecular flexibility index (Phi) is 7.74. The molecule has 0 unspecified atom stereocenters. The van der Waals surface area contributed by atoms with Gasteiger partial charge in [-0.2, -0.15) is 4.98 Å². The molecule has 0 bridgehead atoms. The summed E-state index contributed by atoms with van der Waals surface area (Å²) in [6.07, 6.45) is 5.47. The molecule has 2 heterocycles. The van der Waals surface area contributed by atoms with Gasteiger partial charge >= 0.3 is 0 Å². The zero-order valence-electron chi connectivity index (χ0n) is 19.3. The van der Waals surface area contributed by atoms with Crippen LogP contribution in [0, 0.1) is 5.92 Å². The van der Waals surface area contributed by atoms with Crippen LogP contribution in [0.3, 0.4) is 0 Å². The van der Waals surface area contributed by atoms with E-state index in [4.69, 9.17) is 11.6 Å². The third-order valence-electron chi connectivity index (χ3n) is 6.47. The van der Waals surface area contributed by atoms with Crippen LogP contribution >= 0.6 is 11.6 Å². The molecule has 2 aliphatic rings. The number of nitrogens with one attached hydrogen (secondary N) is 3. The minimum Gasteiger partial charge on any atom is -0.370 e. The van der Waals surface area contributed by atoms with Crippen molar-refractivity contribution in [1.29, 1.82) is 0 Å². The first kappa shape index (κ1) is 24.5. The second-order valence-corrected chi connectivity index (χ2v) is 10.0. The number of anilines is 4. The van der Waals surface area contributed by atoms with Gasteiger partial charge in [-0.15, -0.1) is 0 Å². The van der Waals surface area contributed by atoms with Gasteiger partial charge in [-0.25, -0.2) is 18.1 Å². The van der Waals surface area contributed by atoms with Gasteiger partial charge in [0.25, 0.3) is 5.91 Å². The minimum absolute atomic E-state index is 0.0286. The number of hydrogen-bond acceptors (Lipinski definition) is 8. The highest BCUT2D eigenvalue weighted by atomic mass is 35.5. The van der Waals surface area contributed by atoms with Crippen molar-refractivity contribution in [1.82, 2.24) is 19.6 Å². The van der Waals surface area contributed by atoms with Crippen LogP contribution < -0.4 is 20.3 Å². The molecule has 1 amide bonds. The first-order valence-corrected chi connectivity index (χ1v) is 12.9. The lowest BCUT2D eigenvalue weighted by Gasteiger charge is -2.32. The molecule has 1 aliphatic carbocycles. The maximum Gasteiger partial charge on any atom is 0.255 e. The fraction of sp³-hybridized carbons (Fsp3) is 0.500. The molecule has 2 atom stereocenters. The number of amides is 1. The number of carbonyl (C=O) groups excluding carboxylic acids is 1. The summed E-state index contributed by atoms with van der Waals surface area (Å²) in [4.78, 5) is 25.5. The van der Waals surface area contributed by atoms with Crippen molar-refractivity contribution >= 4 is 51.5 Å². The van der Waals surface area contributed by atoms with Crippen molar-refractivity contribution < 1.29 is 13.2 Å². The first-order chi connectivity index (χ1) is 16.3. The van der Waals surface area contributed by atoms with E-state index in [1.54, 1.807) is 11.9 Å². The number of thiol groups is 1. The van der Waals surface area contributed by atoms with Gasteiger partial charge in [0.1, 0.15) is 5.02 Å². The fourth-order valence-electron chi connectivity index (χ4n) is 4.61. The van der Waals surface area contributed by atoms with Crippen LogP contribution in [0.15, 0.2) is 24.4 Å². The van der Waals surface area contributed by atoms with E-state index in [-0.39, 0.29) is 17.9 Å². The van der Waals surface area contributed by atoms with Gasteiger partial charge in [-0.05, 0) is 30.9 Å². The summed E-state index contributed by atoms with van der Waals surface area (Å²) in [6, 6.07) is 5.60. The summed E-state index contributed by atoms with van der Waals surface area (Å²) < 4.78 is 24.5. The van der Waals surface area contributed by atoms with E-state index in [0.29, 0.717) is 42.0 Å². The highest BCUT2D eigenvalue weighted by Gasteiger charge is 2.27. The number of carbonyl (C=O) groups is 1. The SMILES string of the molecule is CN1CCN(C)c2c(Nc3ncc(Cl)c(N[C@@H]4CCCC[C@@H]4CN[SH](=O)=O)n3)cccc2C1=O. The average Bonchev–Trinajstić information content (AvgIpc) is 2.93. The Morgan fingerprint density at radius 1 is 1.15 bits per heavy atom. The quantitative estimate of drug-likeness (QED) is 0.422. The Morgan fingerprint density at radius 2 is 1.91 bits per heavy atom. The zero-order chi connectivity index (χ0) is 24.2. The zero-order valence-corrected chi connectivity index (χ0v) is 20.9. The molecule has 2 aromatic rings. The van der Waals surface area contributed by atoms with Gasteiger partial charge in [-0.1, -0.05) is 30.5 Å². The molecule has 12 heteroatoms. The Balaban J connectivity index is 1.57. The van der Waals surface area contributed by atoms with Crippen LogP contribution in [0.5, 0.6) is 0 Å². The second-order valence-electron chi connectivity index (χ2n) is 8.78. The summed E-state index contributed by atoms with van der Waals surface area (Å²) in [5, 5.41) is 7.06. The molecule has 1 saturated carbocycles. The van der Waals surface area contributed by atoms with Gasteiger partial charge < -0.3 is 20.4 Å². The Morgan fingerprint density at radius 3 is 2.71 bits per heavy atom. The van der Waals surface area contributed by atoms with Crippen LogP contribution in [0.2, 0.25) is 5.02 Å². The fourth-order valence-corrected chi connectivity index (χ4v) is 5.13. The predicted molar refractivity (Wildman–Crippen MR) is 135 cm³/mol. The summed E-state index contributed by atoms with van der Waals surface area (Å²) in [5.74, 6) is 0.963. The molecular weight excluding hydrogens is 478 g/mol. The number of benzene rings is 1. The molecule has 10 nitrogen and oxygen atoms in total. The lowest BCUT2D eigenvalue weighted by molar-refractivity contribution is 0.0805. The number of fused-ring (bicyclic) bond motifs is 1. The number of rotatable bonds is 7. The van der Waals surface area contributed by atoms with Crippen molar-refractivity contribution in [2.45, 2.75) is 31.7 Å². The molecule has 1 aromatic carbocycles. The van der Waals surface area contributed by atoms with E-state index in [2.05, 4.69) is 30.2 Å². The Hall–Kier alpha value is -2.63. The largest absolute Gasteiger partial charge is 0.370 e. The normalized spacial score (nSPS) is 20.8. The highest BCUT2D eigenvalue weighted by molar-refractivity contribution is 7.70. The van der Waals surface area contributed by atoms with Crippen molar-refractivity contribution in [2.24, 2.45) is 5.92 Å². The van der Waals surface area contributed by atoms with E-state index < -0.39 is 10.9 Å². The smallest absolute Gasteiger partial charge is 0.255 e. The van der Waals surface area contributed by atoms with Gasteiger partial charge in [0.15, 0.2) is 5.82 Å². The number of para-hydroxylation sites is 1. The summed E-state index contributed by atoms with van der Waals surface area (Å²) in [5.41, 5.74) is 2.15. The monoisotopic (exact) mass is 507 g/mol. The molecule has 0 spiro atoms. The van der Waals surface area contributed by atoms with Crippen LogP contribution in [-0.2, 0) is 10.9 Å². The van der Waals surface area contributed by atoms with Crippen molar-refractivity contribution in [3.63, 3.8) is 0 Å². The molecule has 1 fully saturated rings. The van der Waals surface area contributed by atoms with E-state index in [1.807, 2.05) is 25.2 Å². The molecule has 184 valence electrons. The van der Waals surface area contributed by atoms with Crippen molar-refractivity contribution in [3.05, 3.63) is 35.0 Å². The lowest BCUT2D eigenvalue weighted by atomic mass is 9.84. The minimum atomic E-state index is -2.63. The third-order valence-corrected chi connectivity index (χ3v) is 7.19. The average molecular weight is 508 g/mol. The maximum atomic E-state index is 12.8. The topological polar surface area (TPSA) is 120 Å². The second kappa shape index (κ2) is 10.7. The number of hydrogen-bond donors (Lipinski definition) is 4.